The Hall–Kier alpha value is -4.57. The van der Waals surface area contributed by atoms with Crippen molar-refractivity contribution in [3.63, 3.8) is 0 Å². The summed E-state index contributed by atoms with van der Waals surface area (Å²) < 4.78 is 0. The summed E-state index contributed by atoms with van der Waals surface area (Å²) in [5.41, 5.74) is 3.34. The standard InChI is InChI=1S/C25H19N3O4/c1-15-6-18(24(31)20(8-15)13-29)11-27-22-5-3-4-17(10-26)23(22)28-12-19-7-16(2)9-21(14-30)25(19)32/h3-9,11-14,31-32H,1-2H3. The summed E-state index contributed by atoms with van der Waals surface area (Å²) in [5.74, 6) is -0.401. The number of carbonyl (C=O) groups excluding carboxylic acids is 2. The van der Waals surface area contributed by atoms with Crippen LogP contribution >= 0.6 is 0 Å². The van der Waals surface area contributed by atoms with Gasteiger partial charge in [-0.15, -0.1) is 0 Å². The van der Waals surface area contributed by atoms with Gasteiger partial charge in [-0.1, -0.05) is 6.07 Å². The summed E-state index contributed by atoms with van der Waals surface area (Å²) in [5, 5.41) is 30.0. The zero-order valence-corrected chi connectivity index (χ0v) is 17.4. The van der Waals surface area contributed by atoms with Gasteiger partial charge in [0.25, 0.3) is 0 Å². The van der Waals surface area contributed by atoms with Gasteiger partial charge < -0.3 is 10.2 Å². The van der Waals surface area contributed by atoms with Crippen molar-refractivity contribution < 1.29 is 19.8 Å². The van der Waals surface area contributed by atoms with E-state index in [0.717, 1.165) is 11.1 Å². The number of rotatable bonds is 6. The lowest BCUT2D eigenvalue weighted by molar-refractivity contribution is 0.111. The molecule has 7 nitrogen and oxygen atoms in total. The summed E-state index contributed by atoms with van der Waals surface area (Å²) >= 11 is 0. The predicted molar refractivity (Wildman–Crippen MR) is 122 cm³/mol. The van der Waals surface area contributed by atoms with Gasteiger partial charge in [-0.25, -0.2) is 0 Å². The summed E-state index contributed by atoms with van der Waals surface area (Å²) in [7, 11) is 0. The smallest absolute Gasteiger partial charge is 0.153 e. The van der Waals surface area contributed by atoms with Crippen LogP contribution in [0.4, 0.5) is 11.4 Å². The van der Waals surface area contributed by atoms with Crippen molar-refractivity contribution in [3.8, 4) is 17.6 Å². The fraction of sp³-hybridized carbons (Fsp3) is 0.0800. The zero-order valence-electron chi connectivity index (χ0n) is 17.4. The molecule has 0 aromatic heterocycles. The molecular formula is C25H19N3O4. The van der Waals surface area contributed by atoms with Crippen LogP contribution in [0, 0.1) is 25.2 Å². The molecule has 3 rings (SSSR count). The number of nitrogens with zero attached hydrogens (tertiary/aromatic N) is 3. The van der Waals surface area contributed by atoms with Crippen molar-refractivity contribution in [1.82, 2.24) is 0 Å². The average molecular weight is 425 g/mol. The quantitative estimate of drug-likeness (QED) is 0.437. The summed E-state index contributed by atoms with van der Waals surface area (Å²) in [6.45, 7) is 3.57. The number of aromatic hydroxyl groups is 2. The maximum absolute atomic E-state index is 11.2. The van der Waals surface area contributed by atoms with Crippen LogP contribution < -0.4 is 0 Å². The lowest BCUT2D eigenvalue weighted by Gasteiger charge is -2.07. The second-order valence-electron chi connectivity index (χ2n) is 7.12. The van der Waals surface area contributed by atoms with Gasteiger partial charge in [0, 0.05) is 23.6 Å². The highest BCUT2D eigenvalue weighted by molar-refractivity contribution is 5.95. The van der Waals surface area contributed by atoms with E-state index < -0.39 is 0 Å². The van der Waals surface area contributed by atoms with Crippen LogP contribution in [0.3, 0.4) is 0 Å². The molecule has 0 aliphatic heterocycles. The average Bonchev–Trinajstić information content (AvgIpc) is 2.79. The molecule has 0 bridgehead atoms. The van der Waals surface area contributed by atoms with E-state index in [9.17, 15) is 25.1 Å². The van der Waals surface area contributed by atoms with Crippen molar-refractivity contribution in [1.29, 1.82) is 5.26 Å². The van der Waals surface area contributed by atoms with Crippen LogP contribution in [0.25, 0.3) is 0 Å². The Kier molecular flexibility index (Phi) is 6.56. The van der Waals surface area contributed by atoms with Crippen molar-refractivity contribution in [3.05, 3.63) is 81.4 Å². The third-order valence-electron chi connectivity index (χ3n) is 4.69. The van der Waals surface area contributed by atoms with Gasteiger partial charge in [-0.3, -0.25) is 19.6 Å². The molecule has 32 heavy (non-hydrogen) atoms. The number of para-hydroxylation sites is 1. The Balaban J connectivity index is 2.08. The molecule has 0 radical (unpaired) electrons. The Morgan fingerprint density at radius 2 is 1.31 bits per heavy atom. The molecular weight excluding hydrogens is 406 g/mol. The highest BCUT2D eigenvalue weighted by Gasteiger charge is 2.10. The summed E-state index contributed by atoms with van der Waals surface area (Å²) in [6, 6.07) is 13.4. The molecule has 0 amide bonds. The van der Waals surface area contributed by atoms with E-state index in [4.69, 9.17) is 0 Å². The van der Waals surface area contributed by atoms with Crippen molar-refractivity contribution >= 4 is 36.4 Å². The van der Waals surface area contributed by atoms with Gasteiger partial charge in [0.15, 0.2) is 12.6 Å². The Morgan fingerprint density at radius 3 is 1.81 bits per heavy atom. The maximum Gasteiger partial charge on any atom is 0.153 e. The molecule has 0 aliphatic rings. The molecule has 0 aliphatic carbocycles. The van der Waals surface area contributed by atoms with Gasteiger partial charge in [0.05, 0.1) is 22.4 Å². The van der Waals surface area contributed by atoms with E-state index in [1.807, 2.05) is 0 Å². The number of nitriles is 1. The second kappa shape index (κ2) is 9.49. The molecule has 0 saturated carbocycles. The third kappa shape index (κ3) is 4.60. The molecule has 0 heterocycles. The van der Waals surface area contributed by atoms with Crippen molar-refractivity contribution in [2.24, 2.45) is 9.98 Å². The summed E-state index contributed by atoms with van der Waals surface area (Å²) in [4.78, 5) is 31.0. The first-order valence-electron chi connectivity index (χ1n) is 9.56. The lowest BCUT2D eigenvalue weighted by atomic mass is 10.1. The van der Waals surface area contributed by atoms with E-state index in [1.54, 1.807) is 56.3 Å². The lowest BCUT2D eigenvalue weighted by Crippen LogP contribution is -1.92. The molecule has 158 valence electrons. The minimum atomic E-state index is -0.208. The number of hydrogen-bond acceptors (Lipinski definition) is 7. The predicted octanol–water partition coefficient (Wildman–Crippen LogP) is 4.71. The maximum atomic E-state index is 11.2. The number of aldehydes is 2. The topological polar surface area (TPSA) is 123 Å². The minimum absolute atomic E-state index is 0.138. The van der Waals surface area contributed by atoms with Crippen molar-refractivity contribution in [2.75, 3.05) is 0 Å². The molecule has 2 N–H and O–H groups in total. The monoisotopic (exact) mass is 425 g/mol. The van der Waals surface area contributed by atoms with Crippen LogP contribution in [-0.4, -0.2) is 35.2 Å². The number of carbonyl (C=O) groups is 2. The fourth-order valence-electron chi connectivity index (χ4n) is 3.18. The Labute approximate surface area is 184 Å². The zero-order chi connectivity index (χ0) is 23.3. The SMILES string of the molecule is Cc1cc(C=O)c(O)c(C=Nc2cccc(C#N)c2N=Cc2cc(C)cc(C=O)c2O)c1. The second-order valence-corrected chi connectivity index (χ2v) is 7.12. The van der Waals surface area contributed by atoms with Gasteiger partial charge in [-0.2, -0.15) is 5.26 Å². The van der Waals surface area contributed by atoms with Gasteiger partial charge in [-0.05, 0) is 61.4 Å². The highest BCUT2D eigenvalue weighted by Crippen LogP contribution is 2.33. The van der Waals surface area contributed by atoms with Crippen molar-refractivity contribution in [2.45, 2.75) is 13.8 Å². The number of phenols is 2. The number of hydrogen-bond donors (Lipinski definition) is 2. The van der Waals surface area contributed by atoms with Gasteiger partial charge in [0.2, 0.25) is 0 Å². The van der Waals surface area contributed by atoms with Crippen LogP contribution in [0.2, 0.25) is 0 Å². The summed E-state index contributed by atoms with van der Waals surface area (Å²) in [6.07, 6.45) is 3.87. The van der Waals surface area contributed by atoms with Gasteiger partial charge >= 0.3 is 0 Å². The normalized spacial score (nSPS) is 11.0. The van der Waals surface area contributed by atoms with E-state index in [-0.39, 0.29) is 33.9 Å². The molecule has 7 heteroatoms. The van der Waals surface area contributed by atoms with Crippen LogP contribution in [-0.2, 0) is 0 Å². The molecule has 0 unspecified atom stereocenters. The Morgan fingerprint density at radius 1 is 0.812 bits per heavy atom. The largest absolute Gasteiger partial charge is 0.507 e. The number of aryl methyl sites for hydroxylation is 2. The molecule has 0 atom stereocenters. The molecule has 0 saturated heterocycles. The molecule has 3 aromatic rings. The van der Waals surface area contributed by atoms with E-state index in [2.05, 4.69) is 16.1 Å². The van der Waals surface area contributed by atoms with E-state index in [1.165, 1.54) is 12.4 Å². The highest BCUT2D eigenvalue weighted by atomic mass is 16.3. The van der Waals surface area contributed by atoms with Crippen LogP contribution in [0.5, 0.6) is 11.5 Å². The third-order valence-corrected chi connectivity index (χ3v) is 4.69. The van der Waals surface area contributed by atoms with E-state index in [0.29, 0.717) is 29.4 Å². The number of benzene rings is 3. The number of phenolic OH excluding ortho intramolecular Hbond substituents is 2. The first-order chi connectivity index (χ1) is 15.4. The van der Waals surface area contributed by atoms with E-state index >= 15 is 0 Å². The van der Waals surface area contributed by atoms with Crippen LogP contribution in [0.15, 0.2) is 52.4 Å². The molecule has 0 fully saturated rings. The fourth-order valence-corrected chi connectivity index (χ4v) is 3.18. The van der Waals surface area contributed by atoms with Gasteiger partial charge in [0.1, 0.15) is 23.3 Å². The first-order valence-corrected chi connectivity index (χ1v) is 9.56. The minimum Gasteiger partial charge on any atom is -0.507 e. The number of aliphatic imine (C=N–C) groups is 2. The molecule has 0 spiro atoms. The molecule has 3 aromatic carbocycles. The first kappa shape index (κ1) is 22.1. The van der Waals surface area contributed by atoms with Crippen LogP contribution in [0.1, 0.15) is 48.5 Å². The Bertz CT molecular complexity index is 1320.